The molecule has 0 aliphatic carbocycles. The molecule has 1 atom stereocenters. The Hall–Kier alpha value is -2.77. The van der Waals surface area contributed by atoms with Gasteiger partial charge in [-0.05, 0) is 53.6 Å². The van der Waals surface area contributed by atoms with Crippen molar-refractivity contribution in [2.24, 2.45) is 0 Å². The van der Waals surface area contributed by atoms with Crippen LogP contribution in [-0.2, 0) is 16.9 Å². The van der Waals surface area contributed by atoms with Crippen molar-refractivity contribution >= 4 is 54.8 Å². The fourth-order valence-corrected chi connectivity index (χ4v) is 5.40. The first-order valence-electron chi connectivity index (χ1n) is 9.01. The van der Waals surface area contributed by atoms with Gasteiger partial charge in [0.1, 0.15) is 5.01 Å². The average molecular weight is 407 g/mol. The molecular formula is C21H18N4OS2. The Kier molecular flexibility index (Phi) is 3.96. The van der Waals surface area contributed by atoms with Crippen LogP contribution in [0.4, 0.5) is 0 Å². The Morgan fingerprint density at radius 1 is 1.21 bits per heavy atom. The first-order valence-corrected chi connectivity index (χ1v) is 10.7. The van der Waals surface area contributed by atoms with E-state index in [2.05, 4.69) is 39.9 Å². The summed E-state index contributed by atoms with van der Waals surface area (Å²) in [5, 5.41) is 15.8. The second-order valence-electron chi connectivity index (χ2n) is 7.21. The lowest BCUT2D eigenvalue weighted by Crippen LogP contribution is -2.59. The van der Waals surface area contributed by atoms with Crippen LogP contribution in [0.3, 0.4) is 0 Å². The zero-order valence-electron chi connectivity index (χ0n) is 15.2. The van der Waals surface area contributed by atoms with E-state index in [-0.39, 0.29) is 11.9 Å². The van der Waals surface area contributed by atoms with Gasteiger partial charge in [-0.3, -0.25) is 15.1 Å². The van der Waals surface area contributed by atoms with Gasteiger partial charge < -0.3 is 5.32 Å². The van der Waals surface area contributed by atoms with Crippen LogP contribution >= 0.6 is 22.7 Å². The number of hydrogen-bond acceptors (Lipinski definition) is 5. The monoisotopic (exact) mass is 406 g/mol. The number of nitrogens with zero attached hydrogens (tertiary/aromatic N) is 2. The van der Waals surface area contributed by atoms with Gasteiger partial charge in [0.05, 0.1) is 28.7 Å². The molecule has 5 nitrogen and oxygen atoms in total. The number of rotatable bonds is 3. The predicted octanol–water partition coefficient (Wildman–Crippen LogP) is 4.68. The van der Waals surface area contributed by atoms with Crippen LogP contribution in [0, 0.1) is 5.41 Å². The second kappa shape index (κ2) is 6.39. The van der Waals surface area contributed by atoms with Gasteiger partial charge in [0.2, 0.25) is 5.91 Å². The molecule has 1 aliphatic rings. The molecule has 1 amide bonds. The van der Waals surface area contributed by atoms with Crippen LogP contribution < -0.4 is 5.32 Å². The summed E-state index contributed by atoms with van der Waals surface area (Å²) in [5.74, 6) is 0.0688. The summed E-state index contributed by atoms with van der Waals surface area (Å²) in [5.41, 5.74) is 1.37. The lowest BCUT2D eigenvalue weighted by Gasteiger charge is -2.40. The van der Waals surface area contributed by atoms with E-state index in [1.165, 1.54) is 15.0 Å². The number of carbonyl (C=O) groups excluding carboxylic acids is 1. The van der Waals surface area contributed by atoms with Crippen molar-refractivity contribution in [1.29, 1.82) is 5.41 Å². The van der Waals surface area contributed by atoms with E-state index < -0.39 is 5.54 Å². The lowest BCUT2D eigenvalue weighted by molar-refractivity contribution is -0.131. The number of hydrogen-bond donors (Lipinski definition) is 2. The van der Waals surface area contributed by atoms with Crippen LogP contribution in [0.2, 0.25) is 0 Å². The van der Waals surface area contributed by atoms with Crippen LogP contribution in [0.5, 0.6) is 0 Å². The number of benzene rings is 2. The number of nitrogens with one attached hydrogen (secondary N) is 2. The lowest BCUT2D eigenvalue weighted by atomic mass is 9.86. The Balaban J connectivity index is 1.40. The van der Waals surface area contributed by atoms with Crippen molar-refractivity contribution in [1.82, 2.24) is 15.2 Å². The number of para-hydroxylation sites is 1. The molecule has 1 fully saturated rings. The Morgan fingerprint density at radius 3 is 2.89 bits per heavy atom. The predicted molar refractivity (Wildman–Crippen MR) is 115 cm³/mol. The van der Waals surface area contributed by atoms with Gasteiger partial charge in [0, 0.05) is 4.70 Å². The van der Waals surface area contributed by atoms with Crippen LogP contribution in [-0.4, -0.2) is 21.8 Å². The smallest absolute Gasteiger partial charge is 0.232 e. The summed E-state index contributed by atoms with van der Waals surface area (Å²) in [6, 6.07) is 16.3. The van der Waals surface area contributed by atoms with E-state index in [1.54, 1.807) is 22.7 Å². The quantitative estimate of drug-likeness (QED) is 0.519. The minimum absolute atomic E-state index is 0.0593. The van der Waals surface area contributed by atoms with Crippen molar-refractivity contribution in [3.8, 4) is 0 Å². The molecule has 5 rings (SSSR count). The summed E-state index contributed by atoms with van der Waals surface area (Å²) in [6.45, 7) is 2.31. The summed E-state index contributed by atoms with van der Waals surface area (Å²) < 4.78 is 2.32. The molecule has 0 unspecified atom stereocenters. The summed E-state index contributed by atoms with van der Waals surface area (Å²) in [7, 11) is 0. The molecule has 2 aromatic carbocycles. The molecule has 1 saturated heterocycles. The Morgan fingerprint density at radius 2 is 2.07 bits per heavy atom. The normalized spacial score (nSPS) is 20.1. The molecule has 3 heterocycles. The summed E-state index contributed by atoms with van der Waals surface area (Å²) in [4.78, 5) is 19.0. The molecule has 7 heteroatoms. The minimum Gasteiger partial charge on any atom is -0.346 e. The molecule has 2 aromatic heterocycles. The van der Waals surface area contributed by atoms with Crippen molar-refractivity contribution in [2.45, 2.75) is 25.4 Å². The highest BCUT2D eigenvalue weighted by Gasteiger charge is 2.39. The van der Waals surface area contributed by atoms with Gasteiger partial charge >= 0.3 is 0 Å². The van der Waals surface area contributed by atoms with E-state index >= 15 is 0 Å². The fraction of sp³-hybridized carbons (Fsp3) is 0.190. The first kappa shape index (κ1) is 17.3. The topological polar surface area (TPSA) is 69.1 Å². The molecule has 1 aliphatic heterocycles. The number of fused-ring (bicyclic) bond motifs is 2. The number of guanidine groups is 1. The standard InChI is InChI=1S/C21H18N4OS2/c1-21(14-6-7-16-13(10-14)8-9-27-16)11-19(26)25(20(22)24-21)12-18-23-15-4-2-3-5-17(15)28-18/h2-10H,11-12H2,1H3,(H2,22,24)/t21-/m0/s1. The maximum atomic E-state index is 13.0. The van der Waals surface area contributed by atoms with Crippen molar-refractivity contribution in [3.05, 3.63) is 64.5 Å². The summed E-state index contributed by atoms with van der Waals surface area (Å²) in [6.07, 6.45) is 0.302. The molecule has 0 bridgehead atoms. The Bertz CT molecular complexity index is 1170. The largest absolute Gasteiger partial charge is 0.346 e. The van der Waals surface area contributed by atoms with Gasteiger partial charge in [-0.25, -0.2) is 4.98 Å². The van der Waals surface area contributed by atoms with Crippen LogP contribution in [0.15, 0.2) is 53.9 Å². The molecule has 0 saturated carbocycles. The third-order valence-corrected chi connectivity index (χ3v) is 7.11. The average Bonchev–Trinajstić information content (AvgIpc) is 3.30. The summed E-state index contributed by atoms with van der Waals surface area (Å²) >= 11 is 3.27. The Labute approximate surface area is 170 Å². The maximum Gasteiger partial charge on any atom is 0.232 e. The van der Waals surface area contributed by atoms with E-state index in [0.29, 0.717) is 13.0 Å². The number of carbonyl (C=O) groups is 1. The van der Waals surface area contributed by atoms with Crippen molar-refractivity contribution in [2.75, 3.05) is 0 Å². The fourth-order valence-electron chi connectivity index (χ4n) is 3.67. The van der Waals surface area contributed by atoms with E-state index in [1.807, 2.05) is 31.2 Å². The molecule has 0 radical (unpaired) electrons. The van der Waals surface area contributed by atoms with Gasteiger partial charge in [0.25, 0.3) is 0 Å². The number of thiazole rings is 1. The van der Waals surface area contributed by atoms with Crippen molar-refractivity contribution in [3.63, 3.8) is 0 Å². The van der Waals surface area contributed by atoms with Gasteiger partial charge in [0.15, 0.2) is 5.96 Å². The highest BCUT2D eigenvalue weighted by atomic mass is 32.1. The first-order chi connectivity index (χ1) is 13.5. The zero-order chi connectivity index (χ0) is 19.3. The maximum absolute atomic E-state index is 13.0. The van der Waals surface area contributed by atoms with Crippen molar-refractivity contribution < 1.29 is 4.79 Å². The van der Waals surface area contributed by atoms with Gasteiger partial charge in [-0.15, -0.1) is 22.7 Å². The van der Waals surface area contributed by atoms with E-state index in [9.17, 15) is 4.79 Å². The van der Waals surface area contributed by atoms with Crippen LogP contribution in [0.25, 0.3) is 20.3 Å². The number of aromatic nitrogens is 1. The number of amides is 1. The molecular weight excluding hydrogens is 388 g/mol. The SMILES string of the molecule is C[C@@]1(c2ccc3sccc3c2)CC(=O)N(Cc2nc3ccccc3s2)C(=N)N1. The zero-order valence-corrected chi connectivity index (χ0v) is 16.9. The van der Waals surface area contributed by atoms with E-state index in [0.717, 1.165) is 20.8 Å². The minimum atomic E-state index is -0.589. The van der Waals surface area contributed by atoms with Crippen LogP contribution in [0.1, 0.15) is 23.9 Å². The van der Waals surface area contributed by atoms with Gasteiger partial charge in [-0.2, -0.15) is 0 Å². The molecule has 4 aromatic rings. The number of thiophene rings is 1. The molecule has 140 valence electrons. The van der Waals surface area contributed by atoms with Gasteiger partial charge in [-0.1, -0.05) is 18.2 Å². The third kappa shape index (κ3) is 2.87. The molecule has 2 N–H and O–H groups in total. The molecule has 28 heavy (non-hydrogen) atoms. The molecule has 0 spiro atoms. The third-order valence-electron chi connectivity index (χ3n) is 5.19. The highest BCUT2D eigenvalue weighted by Crippen LogP contribution is 2.33. The second-order valence-corrected chi connectivity index (χ2v) is 9.27. The highest BCUT2D eigenvalue weighted by molar-refractivity contribution is 7.18. The van der Waals surface area contributed by atoms with E-state index in [4.69, 9.17) is 5.41 Å².